The zero-order valence-corrected chi connectivity index (χ0v) is 72.4. The minimum atomic E-state index is -0.546. The van der Waals surface area contributed by atoms with Crippen LogP contribution >= 0.6 is 22.6 Å². The number of nitrogens with zero attached hydrogens (tertiary/aromatic N) is 10. The molecule has 5 N–H and O–H groups in total. The zero-order valence-electron chi connectivity index (χ0n) is 70.2. The summed E-state index contributed by atoms with van der Waals surface area (Å²) in [5.41, 5.74) is 11.4. The Morgan fingerprint density at radius 2 is 0.670 bits per heavy atom. The van der Waals surface area contributed by atoms with Crippen molar-refractivity contribution in [3.05, 3.63) is 157 Å². The van der Waals surface area contributed by atoms with Gasteiger partial charge in [-0.1, -0.05) is 92.4 Å². The summed E-state index contributed by atoms with van der Waals surface area (Å²) >= 11 is 2.35. The summed E-state index contributed by atoms with van der Waals surface area (Å²) in [6.07, 6.45) is 17.6. The number of H-pyrrole nitrogens is 5. The molecule has 5 aliphatic rings. The molecule has 8 atom stereocenters. The summed E-state index contributed by atoms with van der Waals surface area (Å²) in [5, 5.41) is 0. The van der Waals surface area contributed by atoms with E-state index in [0.29, 0.717) is 53.9 Å². The predicted octanol–water partition coefficient (Wildman–Crippen LogP) is 18.0. The molecule has 0 bridgehead atoms. The van der Waals surface area contributed by atoms with Gasteiger partial charge in [0.1, 0.15) is 51.7 Å². The number of benzene rings is 3. The van der Waals surface area contributed by atoms with Crippen LogP contribution in [0.15, 0.2) is 85.6 Å². The number of nitrogens with one attached hydrogen (secondary N) is 5. The Bertz CT molecular complexity index is 4820. The third kappa shape index (κ3) is 21.4. The van der Waals surface area contributed by atoms with Gasteiger partial charge in [0.2, 0.25) is 17.7 Å². The summed E-state index contributed by atoms with van der Waals surface area (Å²) in [6, 6.07) is 18.4. The van der Waals surface area contributed by atoms with E-state index in [1.807, 2.05) is 134 Å². The lowest BCUT2D eigenvalue weighted by Gasteiger charge is -2.27. The summed E-state index contributed by atoms with van der Waals surface area (Å²) < 4.78 is 12.4. The Labute approximate surface area is 693 Å². The van der Waals surface area contributed by atoms with Crippen molar-refractivity contribution in [3.8, 4) is 81.1 Å². The Hall–Kier alpha value is -10.4. The fourth-order valence-corrected chi connectivity index (χ4v) is 15.3. The van der Waals surface area contributed by atoms with Crippen LogP contribution in [-0.2, 0) is 23.9 Å². The third-order valence-corrected chi connectivity index (χ3v) is 23.8. The number of carbonyl (C=O) groups excluding carboxylic acids is 5. The van der Waals surface area contributed by atoms with Crippen molar-refractivity contribution in [1.82, 2.24) is 74.3 Å². The molecule has 115 heavy (non-hydrogen) atoms. The van der Waals surface area contributed by atoms with Crippen molar-refractivity contribution in [2.24, 2.45) is 35.5 Å². The molecule has 5 saturated heterocycles. The summed E-state index contributed by atoms with van der Waals surface area (Å²) in [7, 11) is 0. The van der Waals surface area contributed by atoms with Crippen molar-refractivity contribution in [1.29, 1.82) is 0 Å². The molecule has 13 rings (SSSR count). The van der Waals surface area contributed by atoms with E-state index in [9.17, 15) is 24.0 Å². The molecule has 8 aromatic rings. The fourth-order valence-electron chi connectivity index (χ4n) is 15.0. The molecule has 5 aromatic heterocycles. The van der Waals surface area contributed by atoms with Gasteiger partial charge in [0, 0.05) is 65.2 Å². The number of hydrogen-bond acceptors (Lipinski definition) is 12. The Morgan fingerprint density at radius 3 is 0.974 bits per heavy atom. The van der Waals surface area contributed by atoms with Crippen LogP contribution in [0.1, 0.15) is 267 Å². The van der Waals surface area contributed by atoms with Crippen LogP contribution in [-0.4, -0.2) is 148 Å². The van der Waals surface area contributed by atoms with Crippen molar-refractivity contribution >= 4 is 52.5 Å². The van der Waals surface area contributed by atoms with E-state index in [1.54, 1.807) is 22.2 Å². The van der Waals surface area contributed by atoms with Gasteiger partial charge in [0.05, 0.1) is 78.3 Å². The van der Waals surface area contributed by atoms with E-state index in [-0.39, 0.29) is 77.9 Å². The van der Waals surface area contributed by atoms with Crippen LogP contribution in [0.2, 0.25) is 0 Å². The van der Waals surface area contributed by atoms with E-state index in [1.165, 1.54) is 9.13 Å². The summed E-state index contributed by atoms with van der Waals surface area (Å²) in [5.74, 6) is 29.8. The number of rotatable bonds is 14. The maximum Gasteiger partial charge on any atom is 0.410 e. The van der Waals surface area contributed by atoms with Crippen LogP contribution in [0.3, 0.4) is 0 Å². The van der Waals surface area contributed by atoms with E-state index in [0.717, 1.165) is 157 Å². The molecule has 0 saturated carbocycles. The number of halogens is 1. The number of imidazole rings is 5. The molecule has 5 fully saturated rings. The highest BCUT2D eigenvalue weighted by Crippen LogP contribution is 2.39. The molecule has 0 unspecified atom stereocenters. The second-order valence-electron chi connectivity index (χ2n) is 34.3. The SMILES string of the molecule is Cc1cc(-c2cnc([C@@H]3CCCN3C(=O)[C@@H](C)C(C)C)[nH]2)ccc1C#CC#Cc1cnc([C@@H]2CCCN2C(=O)OC(C)(C)C)[nH]1.Cc1cc(-c2cnc([C@@H]3CCCN3C(=O)[C@@H](C)C(C)C)[nH]2)ccc1C#CC#Cc1cnc([C@@H]2CCCN2C(=O)OC(C)(C)C)[nH]1.Cc1cc(-c2cnc([C@@H]3CCCN3C(=O)[C@@H](C)C(C)C)[nH]2)ccc1I. The van der Waals surface area contributed by atoms with E-state index in [2.05, 4.69) is 199 Å². The van der Waals surface area contributed by atoms with Crippen molar-refractivity contribution in [2.45, 2.75) is 230 Å². The molecule has 606 valence electrons. The predicted molar refractivity (Wildman–Crippen MR) is 457 cm³/mol. The summed E-state index contributed by atoms with van der Waals surface area (Å²) in [4.78, 5) is 114. The Morgan fingerprint density at radius 1 is 0.391 bits per heavy atom. The van der Waals surface area contributed by atoms with Crippen molar-refractivity contribution < 1.29 is 33.4 Å². The quantitative estimate of drug-likeness (QED) is 0.0503. The molecule has 10 heterocycles. The Balaban J connectivity index is 0.000000177. The molecule has 0 spiro atoms. The van der Waals surface area contributed by atoms with Crippen LogP contribution in [0.25, 0.3) is 33.8 Å². The molecule has 5 aliphatic heterocycles. The average Bonchev–Trinajstić information content (AvgIpc) is 1.67. The highest BCUT2D eigenvalue weighted by Gasteiger charge is 2.40. The van der Waals surface area contributed by atoms with Crippen LogP contribution in [0.4, 0.5) is 9.59 Å². The molecule has 0 radical (unpaired) electrons. The van der Waals surface area contributed by atoms with Gasteiger partial charge >= 0.3 is 12.2 Å². The van der Waals surface area contributed by atoms with Crippen LogP contribution in [0, 0.1) is 107 Å². The van der Waals surface area contributed by atoms with Gasteiger partial charge in [-0.25, -0.2) is 34.5 Å². The lowest BCUT2D eigenvalue weighted by molar-refractivity contribution is -0.138. The first-order valence-corrected chi connectivity index (χ1v) is 42.0. The number of aromatic amines is 5. The van der Waals surface area contributed by atoms with E-state index < -0.39 is 11.2 Å². The molecular weight excluding hydrogens is 1550 g/mol. The maximum atomic E-state index is 13.1. The molecule has 0 aliphatic carbocycles. The standard InChI is InChI=1S/2C36H44N6O3.C20H26IN3O/c2*1-23(2)25(4)34(43)41-18-10-14-30(41)33-38-22-29(40-33)27-17-16-26(24(3)20-27)12-8-9-13-28-21-37-32(39-28)31-15-11-19-42(31)35(44)45-36(5,6)7;1-12(2)14(4)20(25)24-9-5-6-18(24)19-22-11-17(23-19)15-7-8-16(21)13(3)10-15/h2*16-17,20-23,25,30-31H,10-11,14-15,18-19H2,1-7H3,(H,37,39)(H,38,40);7-8,10-12,14,18H,5-6,9H2,1-4H3,(H,22,23)/t2*25-,30-,31-;14-,18-/m000/s1. The fraction of sp³-hybridized carbons (Fsp3) is 0.500. The van der Waals surface area contributed by atoms with Gasteiger partial charge in [-0.2, -0.15) is 0 Å². The zero-order chi connectivity index (χ0) is 82.7. The lowest BCUT2D eigenvalue weighted by Crippen LogP contribution is -2.36. The first-order valence-electron chi connectivity index (χ1n) is 40.9. The molecule has 3 aromatic carbocycles. The van der Waals surface area contributed by atoms with Gasteiger partial charge in [-0.15, -0.1) is 0 Å². The highest BCUT2D eigenvalue weighted by atomic mass is 127. The third-order valence-electron chi connectivity index (χ3n) is 22.6. The van der Waals surface area contributed by atoms with Crippen LogP contribution in [0.5, 0.6) is 0 Å². The maximum absolute atomic E-state index is 13.1. The van der Waals surface area contributed by atoms with Gasteiger partial charge in [0.15, 0.2) is 0 Å². The van der Waals surface area contributed by atoms with Crippen LogP contribution < -0.4 is 0 Å². The van der Waals surface area contributed by atoms with E-state index in [4.69, 9.17) is 9.47 Å². The van der Waals surface area contributed by atoms with Gasteiger partial charge in [0.25, 0.3) is 0 Å². The first-order chi connectivity index (χ1) is 54.7. The number of aromatic nitrogens is 10. The Kier molecular flexibility index (Phi) is 27.9. The second-order valence-corrected chi connectivity index (χ2v) is 35.4. The molecule has 5 amide bonds. The summed E-state index contributed by atoms with van der Waals surface area (Å²) in [6.45, 7) is 39.7. The lowest BCUT2D eigenvalue weighted by atomic mass is 9.96. The molecular formula is C92H114IN15O7. The number of likely N-dealkylation sites (tertiary alicyclic amines) is 5. The first kappa shape index (κ1) is 85.5. The largest absolute Gasteiger partial charge is 0.444 e. The van der Waals surface area contributed by atoms with Gasteiger partial charge in [-0.05, 0) is 272 Å². The minimum absolute atomic E-state index is 0.00770. The number of carbonyl (C=O) groups is 5. The number of amides is 5. The van der Waals surface area contributed by atoms with Crippen molar-refractivity contribution in [3.63, 3.8) is 0 Å². The number of hydrogen-bond donors (Lipinski definition) is 5. The molecule has 23 heteroatoms. The average molecular weight is 1670 g/mol. The second kappa shape index (κ2) is 37.5. The van der Waals surface area contributed by atoms with E-state index >= 15 is 0 Å². The smallest absolute Gasteiger partial charge is 0.410 e. The number of ether oxygens (including phenoxy) is 2. The highest BCUT2D eigenvalue weighted by molar-refractivity contribution is 14.1. The van der Waals surface area contributed by atoms with Gasteiger partial charge < -0.3 is 49.1 Å². The van der Waals surface area contributed by atoms with Crippen molar-refractivity contribution in [2.75, 3.05) is 32.7 Å². The molecule has 22 nitrogen and oxygen atoms in total. The monoisotopic (exact) mass is 1670 g/mol. The number of aryl methyl sites for hydroxylation is 3. The van der Waals surface area contributed by atoms with Gasteiger partial charge in [-0.3, -0.25) is 24.2 Å². The topological polar surface area (TPSA) is 263 Å². The minimum Gasteiger partial charge on any atom is -0.444 e. The normalized spacial score (nSPS) is 18.8.